The lowest BCUT2D eigenvalue weighted by atomic mass is 10.1. The molecule has 0 atom stereocenters. The zero-order valence-corrected chi connectivity index (χ0v) is 14.9. The maximum atomic E-state index is 12.0. The molecule has 2 aromatic rings. The lowest BCUT2D eigenvalue weighted by Crippen LogP contribution is -2.05. The molecule has 2 aromatic carbocycles. The summed E-state index contributed by atoms with van der Waals surface area (Å²) in [6.45, 7) is 0. The maximum Gasteiger partial charge on any atom is 0.363 e. The van der Waals surface area contributed by atoms with E-state index in [1.54, 1.807) is 12.1 Å². The van der Waals surface area contributed by atoms with E-state index in [0.29, 0.717) is 5.56 Å². The number of halogens is 1. The summed E-state index contributed by atoms with van der Waals surface area (Å²) in [5.74, 6) is -0.673. The number of hydrogen-bond acceptors (Lipinski definition) is 7. The second kappa shape index (κ2) is 7.00. The van der Waals surface area contributed by atoms with Crippen LogP contribution in [0.15, 0.2) is 53.2 Å². The fourth-order valence-corrected chi connectivity index (χ4v) is 2.56. The topological polar surface area (TPSA) is 125 Å². The molecule has 10 heteroatoms. The highest BCUT2D eigenvalue weighted by Crippen LogP contribution is 2.28. The maximum absolute atomic E-state index is 12.0. The molecule has 9 nitrogen and oxygen atoms in total. The minimum atomic E-state index is -0.760. The molecule has 1 aliphatic heterocycles. The molecule has 3 rings (SSSR count). The number of nitro groups is 2. The largest absolute Gasteiger partial charge is 0.402 e. The Morgan fingerprint density at radius 2 is 1.73 bits per heavy atom. The van der Waals surface area contributed by atoms with Crippen molar-refractivity contribution in [3.8, 4) is 0 Å². The number of hydrogen-bond donors (Lipinski definition) is 0. The average molecular weight is 465 g/mol. The van der Waals surface area contributed by atoms with Crippen LogP contribution in [0.4, 0.5) is 11.4 Å². The molecule has 1 heterocycles. The van der Waals surface area contributed by atoms with Crippen molar-refractivity contribution >= 4 is 51.9 Å². The van der Waals surface area contributed by atoms with Crippen molar-refractivity contribution in [2.45, 2.75) is 0 Å². The predicted molar refractivity (Wildman–Crippen MR) is 99.5 cm³/mol. The Hall–Kier alpha value is -3.15. The van der Waals surface area contributed by atoms with Crippen LogP contribution in [-0.4, -0.2) is 21.7 Å². The third-order valence-corrected chi connectivity index (χ3v) is 4.14. The zero-order valence-electron chi connectivity index (χ0n) is 12.8. The van der Waals surface area contributed by atoms with E-state index in [4.69, 9.17) is 4.74 Å². The molecule has 0 amide bonds. The van der Waals surface area contributed by atoms with E-state index in [0.717, 1.165) is 15.7 Å². The first-order valence-corrected chi connectivity index (χ1v) is 8.14. The van der Waals surface area contributed by atoms with E-state index in [1.165, 1.54) is 12.1 Å². The van der Waals surface area contributed by atoms with Crippen LogP contribution in [0, 0.1) is 23.8 Å². The molecule has 0 radical (unpaired) electrons. The number of nitro benzene ring substituents is 2. The van der Waals surface area contributed by atoms with Crippen molar-refractivity contribution in [1.29, 1.82) is 0 Å². The van der Waals surface area contributed by atoms with Gasteiger partial charge in [-0.2, -0.15) is 0 Å². The molecule has 0 fully saturated rings. The molecule has 0 unspecified atom stereocenters. The minimum absolute atomic E-state index is 0.0140. The van der Waals surface area contributed by atoms with Crippen LogP contribution in [0.1, 0.15) is 11.1 Å². The fourth-order valence-electron chi connectivity index (χ4n) is 2.20. The lowest BCUT2D eigenvalue weighted by Gasteiger charge is -1.98. The highest BCUT2D eigenvalue weighted by atomic mass is 127. The molecule has 0 bridgehead atoms. The van der Waals surface area contributed by atoms with Crippen molar-refractivity contribution in [1.82, 2.24) is 0 Å². The Bertz CT molecular complexity index is 998. The monoisotopic (exact) mass is 465 g/mol. The van der Waals surface area contributed by atoms with Gasteiger partial charge < -0.3 is 4.74 Å². The van der Waals surface area contributed by atoms with Gasteiger partial charge in [-0.05, 0) is 59.0 Å². The average Bonchev–Trinajstić information content (AvgIpc) is 2.96. The number of cyclic esters (lactones) is 1. The Morgan fingerprint density at radius 3 is 2.35 bits per heavy atom. The molecule has 0 saturated carbocycles. The van der Waals surface area contributed by atoms with Crippen molar-refractivity contribution in [3.05, 3.63) is 83.1 Å². The van der Waals surface area contributed by atoms with Crippen LogP contribution in [0.3, 0.4) is 0 Å². The van der Waals surface area contributed by atoms with Crippen molar-refractivity contribution in [3.63, 3.8) is 0 Å². The number of nitrogens with zero attached hydrogens (tertiary/aromatic N) is 3. The summed E-state index contributed by atoms with van der Waals surface area (Å²) in [4.78, 5) is 36.5. The van der Waals surface area contributed by atoms with E-state index in [1.807, 2.05) is 12.1 Å². The van der Waals surface area contributed by atoms with Gasteiger partial charge in [-0.15, -0.1) is 0 Å². The second-order valence-electron chi connectivity index (χ2n) is 5.10. The first kappa shape index (κ1) is 17.7. The summed E-state index contributed by atoms with van der Waals surface area (Å²) in [5.41, 5.74) is -0.454. The van der Waals surface area contributed by atoms with Gasteiger partial charge >= 0.3 is 5.97 Å². The van der Waals surface area contributed by atoms with Gasteiger partial charge in [-0.25, -0.2) is 9.79 Å². The normalized spacial score (nSPS) is 14.9. The van der Waals surface area contributed by atoms with E-state index in [9.17, 15) is 25.0 Å². The predicted octanol–water partition coefficient (Wildman–Crippen LogP) is 3.45. The molecule has 26 heavy (non-hydrogen) atoms. The number of ether oxygens (including phenoxy) is 1. The van der Waals surface area contributed by atoms with E-state index < -0.39 is 27.2 Å². The van der Waals surface area contributed by atoms with Gasteiger partial charge in [0.25, 0.3) is 11.4 Å². The van der Waals surface area contributed by atoms with Crippen LogP contribution in [0.2, 0.25) is 0 Å². The van der Waals surface area contributed by atoms with Gasteiger partial charge in [0.2, 0.25) is 5.90 Å². The Balaban J connectivity index is 2.01. The molecular weight excluding hydrogens is 457 g/mol. The number of aliphatic imine (C=N–C) groups is 1. The van der Waals surface area contributed by atoms with E-state index in [-0.39, 0.29) is 17.2 Å². The molecule has 130 valence electrons. The Labute approximate surface area is 159 Å². The summed E-state index contributed by atoms with van der Waals surface area (Å²) < 4.78 is 6.09. The van der Waals surface area contributed by atoms with Crippen LogP contribution in [0.5, 0.6) is 0 Å². The third-order valence-electron chi connectivity index (χ3n) is 3.43. The Kier molecular flexibility index (Phi) is 4.75. The zero-order chi connectivity index (χ0) is 18.8. The van der Waals surface area contributed by atoms with Crippen LogP contribution >= 0.6 is 22.6 Å². The summed E-state index contributed by atoms with van der Waals surface area (Å²) in [6.07, 6.45) is 1.17. The van der Waals surface area contributed by atoms with Crippen molar-refractivity contribution < 1.29 is 19.4 Å². The second-order valence-corrected chi connectivity index (χ2v) is 6.35. The smallest absolute Gasteiger partial charge is 0.363 e. The Morgan fingerprint density at radius 1 is 1.04 bits per heavy atom. The van der Waals surface area contributed by atoms with Gasteiger partial charge in [0.1, 0.15) is 0 Å². The van der Waals surface area contributed by atoms with Gasteiger partial charge in [0.05, 0.1) is 21.5 Å². The highest BCUT2D eigenvalue weighted by molar-refractivity contribution is 14.1. The van der Waals surface area contributed by atoms with Gasteiger partial charge in [-0.1, -0.05) is 0 Å². The molecule has 0 aromatic heterocycles. The van der Waals surface area contributed by atoms with Gasteiger partial charge in [0.15, 0.2) is 5.70 Å². The van der Waals surface area contributed by atoms with E-state index in [2.05, 4.69) is 27.6 Å². The summed E-state index contributed by atoms with van der Waals surface area (Å²) >= 11 is 2.13. The highest BCUT2D eigenvalue weighted by Gasteiger charge is 2.26. The third kappa shape index (κ3) is 3.59. The number of non-ortho nitro benzene ring substituents is 1. The van der Waals surface area contributed by atoms with Gasteiger partial charge in [-0.3, -0.25) is 20.2 Å². The molecular formula is C16H8IN3O6. The number of rotatable bonds is 4. The van der Waals surface area contributed by atoms with Gasteiger partial charge in [0, 0.05) is 15.2 Å². The van der Waals surface area contributed by atoms with Crippen molar-refractivity contribution in [2.75, 3.05) is 0 Å². The first-order chi connectivity index (χ1) is 12.3. The standard InChI is InChI=1S/C16H8IN3O6/c17-11-4-1-9(2-5-11)15-18-13(16(21)26-15)7-10-3-6-12(19(22)23)8-14(10)20(24)25/h1-8H/b13-7-. The molecule has 1 aliphatic rings. The number of esters is 1. The number of carbonyl (C=O) groups excluding carboxylic acids is 1. The van der Waals surface area contributed by atoms with E-state index >= 15 is 0 Å². The summed E-state index contributed by atoms with van der Waals surface area (Å²) in [6, 6.07) is 10.2. The molecule has 0 aliphatic carbocycles. The van der Waals surface area contributed by atoms with Crippen LogP contribution in [-0.2, 0) is 9.53 Å². The molecule has 0 saturated heterocycles. The van der Waals surface area contributed by atoms with Crippen molar-refractivity contribution in [2.24, 2.45) is 4.99 Å². The minimum Gasteiger partial charge on any atom is -0.402 e. The van der Waals surface area contributed by atoms with Crippen LogP contribution in [0.25, 0.3) is 6.08 Å². The first-order valence-electron chi connectivity index (χ1n) is 7.06. The molecule has 0 N–H and O–H groups in total. The quantitative estimate of drug-likeness (QED) is 0.224. The SMILES string of the molecule is O=C1OC(c2ccc(I)cc2)=N/C1=C\c1ccc([N+](=O)[O-])cc1[N+](=O)[O-]. The summed E-state index contributed by atoms with van der Waals surface area (Å²) in [7, 11) is 0. The molecule has 0 spiro atoms. The fraction of sp³-hybridized carbons (Fsp3) is 0. The number of carbonyl (C=O) groups is 1. The van der Waals surface area contributed by atoms with Crippen LogP contribution < -0.4 is 0 Å². The lowest BCUT2D eigenvalue weighted by molar-refractivity contribution is -0.394. The summed E-state index contributed by atoms with van der Waals surface area (Å²) in [5, 5.41) is 21.9. The number of benzene rings is 2.